The normalized spacial score (nSPS) is 10.5. The predicted octanol–water partition coefficient (Wildman–Crippen LogP) is 5.18. The van der Waals surface area contributed by atoms with Crippen molar-refractivity contribution in [1.82, 2.24) is 0 Å². The van der Waals surface area contributed by atoms with Crippen LogP contribution in [0.5, 0.6) is 11.5 Å². The van der Waals surface area contributed by atoms with Crippen molar-refractivity contribution in [2.75, 3.05) is 0 Å². The zero-order valence-corrected chi connectivity index (χ0v) is 12.5. The number of ether oxygens (including phenoxy) is 1. The molecule has 0 amide bonds. The largest absolute Gasteiger partial charge is 0.456 e. The number of benzene rings is 2. The number of halogens is 1. The molecule has 0 aliphatic rings. The minimum absolute atomic E-state index is 0.364. The number of para-hydroxylation sites is 1. The standard InChI is InChI=1S/C16H15BrO2/c1-11(2)14-5-3-4-6-15(14)19-16-9-13(17)8-7-12(16)10-18/h3-11H,1-2H3. The molecule has 0 aromatic heterocycles. The molecule has 0 saturated carbocycles. The average molecular weight is 319 g/mol. The minimum Gasteiger partial charge on any atom is -0.456 e. The first-order chi connectivity index (χ1) is 9.11. The molecule has 0 spiro atoms. The van der Waals surface area contributed by atoms with Crippen molar-refractivity contribution in [2.45, 2.75) is 19.8 Å². The molecule has 3 heteroatoms. The van der Waals surface area contributed by atoms with E-state index in [-0.39, 0.29) is 0 Å². The van der Waals surface area contributed by atoms with Crippen molar-refractivity contribution in [3.05, 3.63) is 58.1 Å². The maximum absolute atomic E-state index is 11.1. The second-order valence-corrected chi connectivity index (χ2v) is 5.51. The highest BCUT2D eigenvalue weighted by atomic mass is 79.9. The maximum atomic E-state index is 11.1. The first-order valence-corrected chi connectivity index (χ1v) is 6.92. The van der Waals surface area contributed by atoms with E-state index in [1.165, 1.54) is 0 Å². The molecule has 0 aliphatic heterocycles. The van der Waals surface area contributed by atoms with E-state index in [1.54, 1.807) is 12.1 Å². The lowest BCUT2D eigenvalue weighted by atomic mass is 10.0. The van der Waals surface area contributed by atoms with Crippen LogP contribution in [0.25, 0.3) is 0 Å². The van der Waals surface area contributed by atoms with Gasteiger partial charge in [0.15, 0.2) is 6.29 Å². The molecule has 2 aromatic rings. The summed E-state index contributed by atoms with van der Waals surface area (Å²) in [5, 5.41) is 0. The van der Waals surface area contributed by atoms with Crippen LogP contribution in [0.2, 0.25) is 0 Å². The summed E-state index contributed by atoms with van der Waals surface area (Å²) in [6.07, 6.45) is 0.805. The summed E-state index contributed by atoms with van der Waals surface area (Å²) in [7, 11) is 0. The first-order valence-electron chi connectivity index (χ1n) is 6.13. The second-order valence-electron chi connectivity index (χ2n) is 4.59. The quantitative estimate of drug-likeness (QED) is 0.726. The van der Waals surface area contributed by atoms with Gasteiger partial charge in [0, 0.05) is 4.47 Å². The summed E-state index contributed by atoms with van der Waals surface area (Å²) in [5.41, 5.74) is 1.67. The first kappa shape index (κ1) is 13.8. The third-order valence-corrected chi connectivity index (χ3v) is 3.36. The Morgan fingerprint density at radius 3 is 2.53 bits per heavy atom. The molecule has 98 valence electrons. The molecule has 2 rings (SSSR count). The molecule has 0 N–H and O–H groups in total. The van der Waals surface area contributed by atoms with Crippen LogP contribution in [0.15, 0.2) is 46.9 Å². The molecule has 0 aliphatic carbocycles. The smallest absolute Gasteiger partial charge is 0.153 e. The summed E-state index contributed by atoms with van der Waals surface area (Å²) < 4.78 is 6.80. The third-order valence-electron chi connectivity index (χ3n) is 2.86. The Morgan fingerprint density at radius 2 is 1.84 bits per heavy atom. The van der Waals surface area contributed by atoms with Crippen LogP contribution in [0.4, 0.5) is 0 Å². The van der Waals surface area contributed by atoms with Crippen molar-refractivity contribution in [3.63, 3.8) is 0 Å². The van der Waals surface area contributed by atoms with Crippen LogP contribution in [0.1, 0.15) is 35.7 Å². The van der Waals surface area contributed by atoms with Gasteiger partial charge in [0.25, 0.3) is 0 Å². The Kier molecular flexibility index (Phi) is 4.38. The van der Waals surface area contributed by atoms with Crippen molar-refractivity contribution >= 4 is 22.2 Å². The van der Waals surface area contributed by atoms with Gasteiger partial charge in [-0.05, 0) is 35.7 Å². The van der Waals surface area contributed by atoms with Crippen molar-refractivity contribution in [1.29, 1.82) is 0 Å². The van der Waals surface area contributed by atoms with Crippen molar-refractivity contribution in [2.24, 2.45) is 0 Å². The zero-order chi connectivity index (χ0) is 13.8. The summed E-state index contributed by atoms with van der Waals surface area (Å²) in [5.74, 6) is 1.72. The lowest BCUT2D eigenvalue weighted by molar-refractivity contribution is 0.112. The summed E-state index contributed by atoms with van der Waals surface area (Å²) in [6.45, 7) is 4.23. The van der Waals surface area contributed by atoms with Crippen molar-refractivity contribution < 1.29 is 9.53 Å². The molecule has 2 nitrogen and oxygen atoms in total. The van der Waals surface area contributed by atoms with E-state index >= 15 is 0 Å². The second kappa shape index (κ2) is 6.02. The van der Waals surface area contributed by atoms with Gasteiger partial charge in [-0.15, -0.1) is 0 Å². The molecule has 0 atom stereocenters. The Labute approximate surface area is 121 Å². The topological polar surface area (TPSA) is 26.3 Å². The lowest BCUT2D eigenvalue weighted by Gasteiger charge is -2.14. The van der Waals surface area contributed by atoms with Gasteiger partial charge in [-0.3, -0.25) is 4.79 Å². The molecule has 2 aromatic carbocycles. The fraction of sp³-hybridized carbons (Fsp3) is 0.188. The van der Waals surface area contributed by atoms with Crippen molar-refractivity contribution in [3.8, 4) is 11.5 Å². The van der Waals surface area contributed by atoms with Gasteiger partial charge in [-0.25, -0.2) is 0 Å². The Morgan fingerprint density at radius 1 is 1.11 bits per heavy atom. The van der Waals surface area contributed by atoms with Gasteiger partial charge >= 0.3 is 0 Å². The van der Waals surface area contributed by atoms with Gasteiger partial charge in [-0.2, -0.15) is 0 Å². The van der Waals surface area contributed by atoms with E-state index < -0.39 is 0 Å². The van der Waals surface area contributed by atoms with E-state index in [0.717, 1.165) is 22.1 Å². The van der Waals surface area contributed by atoms with E-state index in [4.69, 9.17) is 4.74 Å². The summed E-state index contributed by atoms with van der Waals surface area (Å²) >= 11 is 3.39. The van der Waals surface area contributed by atoms with Gasteiger partial charge in [-0.1, -0.05) is 48.0 Å². The minimum atomic E-state index is 0.364. The average Bonchev–Trinajstić information content (AvgIpc) is 2.39. The predicted molar refractivity (Wildman–Crippen MR) is 80.1 cm³/mol. The van der Waals surface area contributed by atoms with E-state index in [9.17, 15) is 4.79 Å². The van der Waals surface area contributed by atoms with Crippen LogP contribution in [-0.4, -0.2) is 6.29 Å². The molecular formula is C16H15BrO2. The van der Waals surface area contributed by atoms with Crippen LogP contribution in [0, 0.1) is 0 Å². The fourth-order valence-corrected chi connectivity index (χ4v) is 2.20. The summed E-state index contributed by atoms with van der Waals surface area (Å²) in [4.78, 5) is 11.1. The Bertz CT molecular complexity index is 591. The number of aldehydes is 1. The van der Waals surface area contributed by atoms with Crippen LogP contribution in [0.3, 0.4) is 0 Å². The molecule has 0 heterocycles. The number of rotatable bonds is 4. The van der Waals surface area contributed by atoms with Gasteiger partial charge in [0.2, 0.25) is 0 Å². The molecule has 0 unspecified atom stereocenters. The molecule has 19 heavy (non-hydrogen) atoms. The van der Waals surface area contributed by atoms with E-state index in [1.807, 2.05) is 30.3 Å². The lowest BCUT2D eigenvalue weighted by Crippen LogP contribution is -1.96. The number of carbonyl (C=O) groups is 1. The molecular weight excluding hydrogens is 304 g/mol. The number of hydrogen-bond donors (Lipinski definition) is 0. The van der Waals surface area contributed by atoms with E-state index in [0.29, 0.717) is 17.2 Å². The van der Waals surface area contributed by atoms with E-state index in [2.05, 4.69) is 29.8 Å². The maximum Gasteiger partial charge on any atom is 0.153 e. The van der Waals surface area contributed by atoms with Crippen LogP contribution in [-0.2, 0) is 0 Å². The highest BCUT2D eigenvalue weighted by Crippen LogP contribution is 2.32. The number of carbonyl (C=O) groups excluding carboxylic acids is 1. The van der Waals surface area contributed by atoms with Crippen LogP contribution < -0.4 is 4.74 Å². The molecule has 0 bridgehead atoms. The molecule has 0 fully saturated rings. The SMILES string of the molecule is CC(C)c1ccccc1Oc1cc(Br)ccc1C=O. The Balaban J connectivity index is 2.41. The fourth-order valence-electron chi connectivity index (χ4n) is 1.86. The summed E-state index contributed by atoms with van der Waals surface area (Å²) in [6, 6.07) is 13.3. The number of hydrogen-bond acceptors (Lipinski definition) is 2. The monoisotopic (exact) mass is 318 g/mol. The van der Waals surface area contributed by atoms with Gasteiger partial charge in [0.05, 0.1) is 5.56 Å². The third kappa shape index (κ3) is 3.24. The highest BCUT2D eigenvalue weighted by Gasteiger charge is 2.10. The Hall–Kier alpha value is -1.61. The molecule has 0 saturated heterocycles. The van der Waals surface area contributed by atoms with Crippen LogP contribution >= 0.6 is 15.9 Å². The zero-order valence-electron chi connectivity index (χ0n) is 10.9. The highest BCUT2D eigenvalue weighted by molar-refractivity contribution is 9.10. The van der Waals surface area contributed by atoms with Gasteiger partial charge in [0.1, 0.15) is 11.5 Å². The molecule has 0 radical (unpaired) electrons. The van der Waals surface area contributed by atoms with Gasteiger partial charge < -0.3 is 4.74 Å².